The second-order valence-corrected chi connectivity index (χ2v) is 9.88. The fraction of sp³-hybridized carbons (Fsp3) is 0.500. The third-order valence-electron chi connectivity index (χ3n) is 5.43. The molecule has 0 aliphatic carbocycles. The van der Waals surface area contributed by atoms with E-state index in [1.165, 1.54) is 16.9 Å². The summed E-state index contributed by atoms with van der Waals surface area (Å²) >= 11 is 1.28. The van der Waals surface area contributed by atoms with Crippen LogP contribution in [0, 0.1) is 0 Å². The predicted octanol–water partition coefficient (Wildman–Crippen LogP) is 2.37. The van der Waals surface area contributed by atoms with Crippen molar-refractivity contribution >= 4 is 21.4 Å². The molecule has 4 heterocycles. The van der Waals surface area contributed by atoms with Gasteiger partial charge in [0.05, 0.1) is 12.1 Å². The van der Waals surface area contributed by atoms with Crippen LogP contribution in [0.2, 0.25) is 0 Å². The molecule has 0 spiro atoms. The molecule has 0 aromatic carbocycles. The van der Waals surface area contributed by atoms with E-state index in [1.54, 1.807) is 23.5 Å². The van der Waals surface area contributed by atoms with Crippen LogP contribution in [0.1, 0.15) is 24.4 Å². The molecule has 2 fully saturated rings. The number of hydrogen-bond donors (Lipinski definition) is 0. The lowest BCUT2D eigenvalue weighted by atomic mass is 9.87. The normalized spacial score (nSPS) is 25.9. The summed E-state index contributed by atoms with van der Waals surface area (Å²) in [7, 11) is -1.58. The van der Waals surface area contributed by atoms with Crippen molar-refractivity contribution in [2.24, 2.45) is 0 Å². The topological polar surface area (TPSA) is 62.7 Å². The molecule has 2 aromatic rings. The van der Waals surface area contributed by atoms with Gasteiger partial charge in [-0.3, -0.25) is 9.88 Å². The minimum Gasteiger partial charge on any atom is -0.378 e. The highest BCUT2D eigenvalue weighted by Crippen LogP contribution is 2.39. The van der Waals surface area contributed by atoms with Gasteiger partial charge in [-0.25, -0.2) is 8.42 Å². The molecular weight excluding hydrogens is 370 g/mol. The van der Waals surface area contributed by atoms with Crippen LogP contribution < -0.4 is 0 Å². The Bertz CT molecular complexity index is 819. The van der Waals surface area contributed by atoms with Gasteiger partial charge in [-0.15, -0.1) is 11.3 Å². The first kappa shape index (κ1) is 18.1. The predicted molar refractivity (Wildman–Crippen MR) is 101 cm³/mol. The number of rotatable bonds is 5. The Hall–Kier alpha value is -1.32. The lowest BCUT2D eigenvalue weighted by Crippen LogP contribution is -2.60. The molecular formula is C18H23N3O3S2. The molecule has 0 radical (unpaired) electrons. The zero-order valence-corrected chi connectivity index (χ0v) is 16.3. The summed E-state index contributed by atoms with van der Waals surface area (Å²) in [6.07, 6.45) is 5.51. The summed E-state index contributed by atoms with van der Waals surface area (Å²) < 4.78 is 33.1. The van der Waals surface area contributed by atoms with Gasteiger partial charge in [0.1, 0.15) is 4.21 Å². The molecule has 2 aliphatic rings. The van der Waals surface area contributed by atoms with Crippen LogP contribution in [0.25, 0.3) is 0 Å². The van der Waals surface area contributed by atoms with Crippen LogP contribution in [0.3, 0.4) is 0 Å². The highest BCUT2D eigenvalue weighted by Gasteiger charge is 2.45. The quantitative estimate of drug-likeness (QED) is 0.780. The average Bonchev–Trinajstić information content (AvgIpc) is 3.18. The fourth-order valence-corrected chi connectivity index (χ4v) is 6.61. The molecule has 8 heteroatoms. The molecule has 0 saturated carbocycles. The van der Waals surface area contributed by atoms with Crippen LogP contribution in [-0.2, 0) is 14.8 Å². The first-order valence-electron chi connectivity index (χ1n) is 8.83. The average molecular weight is 394 g/mol. The Balaban J connectivity index is 1.43. The van der Waals surface area contributed by atoms with Gasteiger partial charge in [0, 0.05) is 45.2 Å². The monoisotopic (exact) mass is 393 g/mol. The lowest BCUT2D eigenvalue weighted by Gasteiger charge is -2.52. The molecule has 2 aromatic heterocycles. The number of pyridine rings is 1. The molecule has 0 bridgehead atoms. The molecule has 2 unspecified atom stereocenters. The van der Waals surface area contributed by atoms with Crippen LogP contribution in [-0.4, -0.2) is 61.5 Å². The van der Waals surface area contributed by atoms with E-state index in [-0.39, 0.29) is 12.1 Å². The number of thiophene rings is 1. The molecule has 2 atom stereocenters. The van der Waals surface area contributed by atoms with Gasteiger partial charge in [-0.1, -0.05) is 6.07 Å². The van der Waals surface area contributed by atoms with E-state index in [1.807, 2.05) is 29.9 Å². The first-order valence-corrected chi connectivity index (χ1v) is 11.2. The van der Waals surface area contributed by atoms with Crippen LogP contribution in [0.5, 0.6) is 0 Å². The summed E-state index contributed by atoms with van der Waals surface area (Å²) in [5, 5.41) is 1.81. The summed E-state index contributed by atoms with van der Waals surface area (Å²) in [6, 6.07) is 8.17. The van der Waals surface area contributed by atoms with E-state index in [2.05, 4.69) is 9.88 Å². The van der Waals surface area contributed by atoms with E-state index in [0.717, 1.165) is 19.4 Å². The Morgan fingerprint density at radius 2 is 1.92 bits per heavy atom. The number of aromatic nitrogens is 1. The molecule has 2 aliphatic heterocycles. The summed E-state index contributed by atoms with van der Waals surface area (Å²) in [5.41, 5.74) is 1.21. The van der Waals surface area contributed by atoms with Crippen molar-refractivity contribution in [2.75, 3.05) is 26.7 Å². The van der Waals surface area contributed by atoms with Gasteiger partial charge in [-0.05, 0) is 42.0 Å². The van der Waals surface area contributed by atoms with Crippen molar-refractivity contribution in [3.05, 3.63) is 47.6 Å². The number of sulfonamides is 1. The van der Waals surface area contributed by atoms with Crippen molar-refractivity contribution in [3.8, 4) is 0 Å². The smallest absolute Gasteiger partial charge is 0.252 e. The standard InChI is InChI=1S/C18H23N3O3S2/c1-24-16-13-21(18(16)14-4-8-19-9-5-14)15-6-10-20(11-7-15)26(22,23)17-3-2-12-25-17/h2-5,8-9,12,15-16,18H,6-7,10-11,13H2,1H3. The van der Waals surface area contributed by atoms with Crippen molar-refractivity contribution in [3.63, 3.8) is 0 Å². The van der Waals surface area contributed by atoms with E-state index in [9.17, 15) is 8.42 Å². The maximum Gasteiger partial charge on any atom is 0.252 e. The number of hydrogen-bond acceptors (Lipinski definition) is 6. The number of piperidine rings is 1. The van der Waals surface area contributed by atoms with Crippen molar-refractivity contribution < 1.29 is 13.2 Å². The Labute approximate surface area is 158 Å². The maximum atomic E-state index is 12.7. The zero-order valence-electron chi connectivity index (χ0n) is 14.7. The summed E-state index contributed by atoms with van der Waals surface area (Å²) in [6.45, 7) is 2.04. The number of likely N-dealkylation sites (tertiary alicyclic amines) is 1. The maximum absolute atomic E-state index is 12.7. The van der Waals surface area contributed by atoms with E-state index in [0.29, 0.717) is 23.3 Å². The minimum atomic E-state index is -3.34. The summed E-state index contributed by atoms with van der Waals surface area (Å²) in [4.78, 5) is 6.56. The van der Waals surface area contributed by atoms with Crippen molar-refractivity contribution in [2.45, 2.75) is 35.2 Å². The van der Waals surface area contributed by atoms with Crippen LogP contribution in [0.15, 0.2) is 46.2 Å². The molecule has 4 rings (SSSR count). The molecule has 140 valence electrons. The van der Waals surface area contributed by atoms with Crippen molar-refractivity contribution in [1.29, 1.82) is 0 Å². The molecule has 0 amide bonds. The molecule has 2 saturated heterocycles. The number of nitrogens with zero attached hydrogens (tertiary/aromatic N) is 3. The van der Waals surface area contributed by atoms with Crippen LogP contribution in [0.4, 0.5) is 0 Å². The molecule has 0 N–H and O–H groups in total. The second kappa shape index (κ2) is 7.36. The van der Waals surface area contributed by atoms with Gasteiger partial charge in [-0.2, -0.15) is 4.31 Å². The zero-order chi connectivity index (χ0) is 18.1. The van der Waals surface area contributed by atoms with E-state index in [4.69, 9.17) is 4.74 Å². The van der Waals surface area contributed by atoms with Gasteiger partial charge in [0.15, 0.2) is 0 Å². The number of ether oxygens (including phenoxy) is 1. The largest absolute Gasteiger partial charge is 0.378 e. The molecule has 26 heavy (non-hydrogen) atoms. The van der Waals surface area contributed by atoms with Gasteiger partial charge in [0.2, 0.25) is 0 Å². The van der Waals surface area contributed by atoms with E-state index >= 15 is 0 Å². The minimum absolute atomic E-state index is 0.185. The third kappa shape index (κ3) is 3.20. The van der Waals surface area contributed by atoms with Crippen molar-refractivity contribution in [1.82, 2.24) is 14.2 Å². The van der Waals surface area contributed by atoms with Crippen LogP contribution >= 0.6 is 11.3 Å². The lowest BCUT2D eigenvalue weighted by molar-refractivity contribution is -0.114. The number of methoxy groups -OCH3 is 1. The first-order chi connectivity index (χ1) is 12.6. The SMILES string of the molecule is COC1CN(C2CCN(S(=O)(=O)c3cccs3)CC2)C1c1ccncc1. The van der Waals surface area contributed by atoms with Gasteiger partial charge in [0.25, 0.3) is 10.0 Å². The van der Waals surface area contributed by atoms with Gasteiger partial charge >= 0.3 is 0 Å². The highest BCUT2D eigenvalue weighted by atomic mass is 32.2. The Morgan fingerprint density at radius 1 is 1.19 bits per heavy atom. The summed E-state index contributed by atoms with van der Waals surface area (Å²) in [5.74, 6) is 0. The fourth-order valence-electron chi connectivity index (χ4n) is 3.99. The van der Waals surface area contributed by atoms with E-state index < -0.39 is 10.0 Å². The van der Waals surface area contributed by atoms with Gasteiger partial charge < -0.3 is 4.74 Å². The Kier molecular flexibility index (Phi) is 5.11. The Morgan fingerprint density at radius 3 is 2.54 bits per heavy atom. The second-order valence-electron chi connectivity index (χ2n) is 6.76. The molecule has 6 nitrogen and oxygen atoms in total. The third-order valence-corrected chi connectivity index (χ3v) is 8.70. The highest BCUT2D eigenvalue weighted by molar-refractivity contribution is 7.91.